The number of carbonyl (C=O) groups is 1. The second-order valence-electron chi connectivity index (χ2n) is 6.50. The maximum atomic E-state index is 12.1. The number of rotatable bonds is 0. The highest BCUT2D eigenvalue weighted by Crippen LogP contribution is 2.63. The van der Waals surface area contributed by atoms with Crippen molar-refractivity contribution in [3.8, 4) is 0 Å². The van der Waals surface area contributed by atoms with Crippen LogP contribution in [0.4, 0.5) is 0 Å². The lowest BCUT2D eigenvalue weighted by molar-refractivity contribution is -0.119. The molecule has 0 bridgehead atoms. The van der Waals surface area contributed by atoms with Crippen molar-refractivity contribution in [3.63, 3.8) is 0 Å². The van der Waals surface area contributed by atoms with Crippen molar-refractivity contribution in [3.05, 3.63) is 23.8 Å². The van der Waals surface area contributed by atoms with Gasteiger partial charge >= 0.3 is 0 Å². The van der Waals surface area contributed by atoms with Crippen LogP contribution >= 0.6 is 0 Å². The van der Waals surface area contributed by atoms with Gasteiger partial charge in [-0.2, -0.15) is 0 Å². The summed E-state index contributed by atoms with van der Waals surface area (Å²) in [4.78, 5) is 12.1. The molecule has 0 spiro atoms. The highest BCUT2D eigenvalue weighted by atomic mass is 16.5. The normalized spacial score (nSPS) is 46.7. The smallest absolute Gasteiger partial charge is 0.181 e. The minimum absolute atomic E-state index is 0.152. The van der Waals surface area contributed by atoms with E-state index in [-0.39, 0.29) is 22.4 Å². The second-order valence-corrected chi connectivity index (χ2v) is 6.50. The van der Waals surface area contributed by atoms with Crippen LogP contribution in [0.2, 0.25) is 0 Å². The Balaban J connectivity index is 2.27. The maximum Gasteiger partial charge on any atom is 0.181 e. The van der Waals surface area contributed by atoms with Gasteiger partial charge < -0.3 is 4.74 Å². The van der Waals surface area contributed by atoms with E-state index in [1.54, 1.807) is 6.08 Å². The molecule has 2 heteroatoms. The van der Waals surface area contributed by atoms with Crippen molar-refractivity contribution in [1.29, 1.82) is 0 Å². The Morgan fingerprint density at radius 3 is 2.71 bits per heavy atom. The summed E-state index contributed by atoms with van der Waals surface area (Å²) in [5, 5.41) is 0. The Hall–Kier alpha value is -0.890. The first-order chi connectivity index (χ1) is 7.81. The predicted octanol–water partition coefficient (Wildman–Crippen LogP) is 3.04. The molecule has 1 heterocycles. The Morgan fingerprint density at radius 1 is 1.29 bits per heavy atom. The van der Waals surface area contributed by atoms with Crippen LogP contribution in [0.3, 0.4) is 0 Å². The van der Waals surface area contributed by atoms with Crippen LogP contribution in [0, 0.1) is 11.3 Å². The fourth-order valence-corrected chi connectivity index (χ4v) is 4.30. The van der Waals surface area contributed by atoms with E-state index >= 15 is 0 Å². The van der Waals surface area contributed by atoms with Crippen molar-refractivity contribution in [2.75, 3.05) is 0 Å². The van der Waals surface area contributed by atoms with Crippen molar-refractivity contribution in [2.45, 2.75) is 51.7 Å². The van der Waals surface area contributed by atoms with E-state index in [0.29, 0.717) is 5.92 Å². The highest BCUT2D eigenvalue weighted by molar-refractivity contribution is 6.06. The standard InChI is InChI=1S/C15H20O2/c1-13(2)12-8-7-11(16)10-6-5-9-14(3,17-13)15(10,12)4/h6-8,12H,5,9H2,1-4H3/t12-,14-,15-/m1/s1. The van der Waals surface area contributed by atoms with Gasteiger partial charge in [0.25, 0.3) is 0 Å². The highest BCUT2D eigenvalue weighted by Gasteiger charge is 2.66. The molecular weight excluding hydrogens is 212 g/mol. The van der Waals surface area contributed by atoms with Crippen molar-refractivity contribution in [1.82, 2.24) is 0 Å². The van der Waals surface area contributed by atoms with Crippen LogP contribution in [0.15, 0.2) is 23.8 Å². The Labute approximate surface area is 103 Å². The fraction of sp³-hybridized carbons (Fsp3) is 0.667. The van der Waals surface area contributed by atoms with E-state index in [1.165, 1.54) is 0 Å². The van der Waals surface area contributed by atoms with Gasteiger partial charge in [-0.15, -0.1) is 0 Å². The molecule has 2 aliphatic carbocycles. The molecule has 1 aliphatic heterocycles. The SMILES string of the molecule is CC1(C)O[C@]2(C)CCC=C3C(=O)C=C[C@H]1[C@@]32C. The molecule has 3 aliphatic rings. The summed E-state index contributed by atoms with van der Waals surface area (Å²) in [7, 11) is 0. The Kier molecular flexibility index (Phi) is 1.92. The molecular formula is C15H20O2. The molecule has 3 rings (SSSR count). The lowest BCUT2D eigenvalue weighted by atomic mass is 9.55. The van der Waals surface area contributed by atoms with Gasteiger partial charge in [-0.3, -0.25) is 4.79 Å². The number of allylic oxidation sites excluding steroid dienone is 2. The molecule has 0 saturated carbocycles. The van der Waals surface area contributed by atoms with Crippen molar-refractivity contribution in [2.24, 2.45) is 11.3 Å². The number of hydrogen-bond acceptors (Lipinski definition) is 2. The summed E-state index contributed by atoms with van der Waals surface area (Å²) in [5.41, 5.74) is 0.431. The van der Waals surface area contributed by atoms with E-state index in [2.05, 4.69) is 39.8 Å². The molecule has 1 saturated heterocycles. The second kappa shape index (κ2) is 2.92. The molecule has 0 amide bonds. The third-order valence-electron chi connectivity index (χ3n) is 5.19. The van der Waals surface area contributed by atoms with Gasteiger partial charge in [0.2, 0.25) is 0 Å². The van der Waals surface area contributed by atoms with Gasteiger partial charge in [0, 0.05) is 16.9 Å². The maximum absolute atomic E-state index is 12.1. The summed E-state index contributed by atoms with van der Waals surface area (Å²) >= 11 is 0. The number of hydrogen-bond donors (Lipinski definition) is 0. The fourth-order valence-electron chi connectivity index (χ4n) is 4.30. The summed E-state index contributed by atoms with van der Waals surface area (Å²) in [6.07, 6.45) is 7.89. The third kappa shape index (κ3) is 1.12. The predicted molar refractivity (Wildman–Crippen MR) is 66.6 cm³/mol. The zero-order valence-corrected chi connectivity index (χ0v) is 11.0. The summed E-state index contributed by atoms with van der Waals surface area (Å²) in [6, 6.07) is 0. The minimum Gasteiger partial charge on any atom is -0.368 e. The lowest BCUT2D eigenvalue weighted by Crippen LogP contribution is -2.49. The van der Waals surface area contributed by atoms with Gasteiger partial charge in [-0.1, -0.05) is 19.1 Å². The topological polar surface area (TPSA) is 26.3 Å². The molecule has 0 radical (unpaired) electrons. The largest absolute Gasteiger partial charge is 0.368 e. The van der Waals surface area contributed by atoms with E-state index in [0.717, 1.165) is 18.4 Å². The first kappa shape index (κ1) is 11.2. The van der Waals surface area contributed by atoms with Crippen LogP contribution < -0.4 is 0 Å². The minimum atomic E-state index is -0.203. The van der Waals surface area contributed by atoms with Crippen LogP contribution in [0.5, 0.6) is 0 Å². The average Bonchev–Trinajstić information content (AvgIpc) is 2.35. The number of ketones is 1. The first-order valence-corrected chi connectivity index (χ1v) is 6.45. The average molecular weight is 232 g/mol. The first-order valence-electron chi connectivity index (χ1n) is 6.45. The van der Waals surface area contributed by atoms with Crippen LogP contribution in [-0.2, 0) is 9.53 Å². The summed E-state index contributed by atoms with van der Waals surface area (Å²) < 4.78 is 6.36. The molecule has 0 N–H and O–H groups in total. The van der Waals surface area contributed by atoms with Crippen LogP contribution in [0.1, 0.15) is 40.5 Å². The summed E-state index contributed by atoms with van der Waals surface area (Å²) in [5.74, 6) is 0.472. The van der Waals surface area contributed by atoms with E-state index < -0.39 is 0 Å². The molecule has 92 valence electrons. The third-order valence-corrected chi connectivity index (χ3v) is 5.19. The van der Waals surface area contributed by atoms with E-state index in [4.69, 9.17) is 4.74 Å². The lowest BCUT2D eigenvalue weighted by Gasteiger charge is -2.47. The van der Waals surface area contributed by atoms with Gasteiger partial charge in [-0.05, 0) is 39.7 Å². The Bertz CT molecular complexity index is 458. The van der Waals surface area contributed by atoms with Crippen LogP contribution in [0.25, 0.3) is 0 Å². The number of ether oxygens (including phenoxy) is 1. The molecule has 0 aromatic heterocycles. The van der Waals surface area contributed by atoms with E-state index in [9.17, 15) is 4.79 Å². The molecule has 0 unspecified atom stereocenters. The summed E-state index contributed by atoms with van der Waals surface area (Å²) in [6.45, 7) is 8.67. The van der Waals surface area contributed by atoms with Crippen molar-refractivity contribution < 1.29 is 9.53 Å². The van der Waals surface area contributed by atoms with Crippen molar-refractivity contribution >= 4 is 5.78 Å². The van der Waals surface area contributed by atoms with E-state index in [1.807, 2.05) is 0 Å². The number of carbonyl (C=O) groups excluding carboxylic acids is 1. The molecule has 17 heavy (non-hydrogen) atoms. The van der Waals surface area contributed by atoms with Crippen LogP contribution in [-0.4, -0.2) is 17.0 Å². The van der Waals surface area contributed by atoms with Gasteiger partial charge in [0.15, 0.2) is 5.78 Å². The van der Waals surface area contributed by atoms with Gasteiger partial charge in [-0.25, -0.2) is 0 Å². The zero-order valence-electron chi connectivity index (χ0n) is 11.0. The van der Waals surface area contributed by atoms with Gasteiger partial charge in [0.05, 0.1) is 11.2 Å². The molecule has 0 aromatic carbocycles. The molecule has 2 nitrogen and oxygen atoms in total. The molecule has 3 atom stereocenters. The monoisotopic (exact) mass is 232 g/mol. The zero-order chi connectivity index (χ0) is 12.5. The van der Waals surface area contributed by atoms with Gasteiger partial charge in [0.1, 0.15) is 0 Å². The Morgan fingerprint density at radius 2 is 2.00 bits per heavy atom. The molecule has 1 fully saturated rings. The quantitative estimate of drug-likeness (QED) is 0.641. The molecule has 0 aromatic rings.